The zero-order valence-corrected chi connectivity index (χ0v) is 20.1. The van der Waals surface area contributed by atoms with Crippen LogP contribution in [0.25, 0.3) is 0 Å². The summed E-state index contributed by atoms with van der Waals surface area (Å²) in [5.74, 6) is 0.0348. The summed E-state index contributed by atoms with van der Waals surface area (Å²) in [5.41, 5.74) is 2.45. The molecule has 0 aromatic carbocycles. The van der Waals surface area contributed by atoms with Gasteiger partial charge < -0.3 is 25.4 Å². The molecule has 0 bridgehead atoms. The van der Waals surface area contributed by atoms with Crippen LogP contribution in [0, 0.1) is 0 Å². The second-order valence-electron chi connectivity index (χ2n) is 9.23. The molecule has 1 unspecified atom stereocenters. The molecule has 1 aromatic rings. The number of amides is 1. The minimum atomic E-state index is -1.01. The number of hydrogen-bond acceptors (Lipinski definition) is 6. The first-order chi connectivity index (χ1) is 16.0. The molecule has 8 heteroatoms. The van der Waals surface area contributed by atoms with Crippen LogP contribution in [0.4, 0.5) is 10.6 Å². The van der Waals surface area contributed by atoms with E-state index < -0.39 is 18.1 Å². The fourth-order valence-corrected chi connectivity index (χ4v) is 4.38. The maximum Gasteiger partial charge on any atom is 0.408 e. The van der Waals surface area contributed by atoms with E-state index in [-0.39, 0.29) is 6.10 Å². The summed E-state index contributed by atoms with van der Waals surface area (Å²) < 4.78 is 5.31. The molecule has 1 amide bonds. The minimum absolute atomic E-state index is 0.178. The third-order valence-electron chi connectivity index (χ3n) is 6.62. The van der Waals surface area contributed by atoms with Crippen LogP contribution in [0.15, 0.2) is 12.1 Å². The van der Waals surface area contributed by atoms with Gasteiger partial charge in [-0.2, -0.15) is 0 Å². The van der Waals surface area contributed by atoms with E-state index >= 15 is 0 Å². The van der Waals surface area contributed by atoms with Gasteiger partial charge in [0, 0.05) is 24.8 Å². The van der Waals surface area contributed by atoms with Crippen LogP contribution < -0.4 is 10.6 Å². The lowest BCUT2D eigenvalue weighted by atomic mass is 10.1. The number of carboxylic acids is 1. The average molecular weight is 461 g/mol. The summed E-state index contributed by atoms with van der Waals surface area (Å²) in [4.78, 5) is 30.9. The number of anilines is 1. The van der Waals surface area contributed by atoms with E-state index in [1.807, 2.05) is 13.8 Å². The normalized spacial score (nSPS) is 16.2. The second-order valence-corrected chi connectivity index (χ2v) is 9.23. The van der Waals surface area contributed by atoms with Crippen LogP contribution in [0.1, 0.15) is 76.5 Å². The molecule has 1 atom stereocenters. The molecule has 0 radical (unpaired) electrons. The number of ether oxygens (including phenoxy) is 1. The van der Waals surface area contributed by atoms with Crippen LogP contribution in [-0.4, -0.2) is 64.9 Å². The Morgan fingerprint density at radius 1 is 1.24 bits per heavy atom. The molecule has 1 fully saturated rings. The standard InChI is InChI=1S/C25H40N4O4/c1-3-21(4-2)33-25(32)28-22(24(30)31)14-17-29(20-12-13-20)16-6-5-9-19-11-10-18-8-7-15-26-23(18)27-19/h10-11,20-22H,3-9,12-17H2,1-2H3,(H,26,27)(H,28,32)(H,30,31). The molecule has 184 valence electrons. The molecule has 33 heavy (non-hydrogen) atoms. The van der Waals surface area contributed by atoms with Crippen molar-refractivity contribution in [1.82, 2.24) is 15.2 Å². The molecular weight excluding hydrogens is 420 g/mol. The first kappa shape index (κ1) is 25.3. The number of carbonyl (C=O) groups is 2. The Kier molecular flexibility index (Phi) is 9.78. The number of aryl methyl sites for hydroxylation is 2. The van der Waals surface area contributed by atoms with Crippen LogP contribution in [0.5, 0.6) is 0 Å². The lowest BCUT2D eigenvalue weighted by molar-refractivity contribution is -0.139. The number of alkyl carbamates (subject to hydrolysis) is 1. The maximum absolute atomic E-state index is 12.1. The quantitative estimate of drug-likeness (QED) is 0.361. The zero-order valence-electron chi connectivity index (χ0n) is 20.1. The third kappa shape index (κ3) is 8.18. The monoisotopic (exact) mass is 460 g/mol. The fourth-order valence-electron chi connectivity index (χ4n) is 4.38. The zero-order chi connectivity index (χ0) is 23.6. The number of carboxylic acid groups (broad SMARTS) is 1. The number of aromatic nitrogens is 1. The summed E-state index contributed by atoms with van der Waals surface area (Å²) in [6.45, 7) is 6.50. The molecule has 2 aliphatic rings. The summed E-state index contributed by atoms with van der Waals surface area (Å²) in [5, 5.41) is 15.5. The molecular formula is C25H40N4O4. The Morgan fingerprint density at radius 2 is 2.03 bits per heavy atom. The molecule has 1 aliphatic carbocycles. The number of rotatable bonds is 14. The van der Waals surface area contributed by atoms with E-state index in [0.29, 0.717) is 31.8 Å². The van der Waals surface area contributed by atoms with Gasteiger partial charge in [-0.1, -0.05) is 19.9 Å². The van der Waals surface area contributed by atoms with Gasteiger partial charge in [0.1, 0.15) is 18.0 Å². The highest BCUT2D eigenvalue weighted by molar-refractivity contribution is 5.79. The molecule has 1 saturated carbocycles. The highest BCUT2D eigenvalue weighted by Crippen LogP contribution is 2.27. The predicted molar refractivity (Wildman–Crippen MR) is 129 cm³/mol. The van der Waals surface area contributed by atoms with Gasteiger partial charge in [-0.3, -0.25) is 0 Å². The molecule has 1 aromatic heterocycles. The lowest BCUT2D eigenvalue weighted by Crippen LogP contribution is -2.44. The topological polar surface area (TPSA) is 104 Å². The predicted octanol–water partition coefficient (Wildman–Crippen LogP) is 3.98. The Morgan fingerprint density at radius 3 is 2.73 bits per heavy atom. The van der Waals surface area contributed by atoms with Crippen LogP contribution in [-0.2, 0) is 22.4 Å². The third-order valence-corrected chi connectivity index (χ3v) is 6.62. The number of aliphatic carboxylic acids is 1. The molecule has 1 aliphatic heterocycles. The van der Waals surface area contributed by atoms with Gasteiger partial charge >= 0.3 is 12.1 Å². The number of nitrogens with one attached hydrogen (secondary N) is 2. The van der Waals surface area contributed by atoms with Gasteiger partial charge in [0.2, 0.25) is 0 Å². The van der Waals surface area contributed by atoms with Crippen molar-refractivity contribution in [2.75, 3.05) is 25.0 Å². The van der Waals surface area contributed by atoms with E-state index in [1.54, 1.807) is 0 Å². The summed E-state index contributed by atoms with van der Waals surface area (Å²) in [7, 11) is 0. The number of unbranched alkanes of at least 4 members (excludes halogenated alkanes) is 1. The number of nitrogens with zero attached hydrogens (tertiary/aromatic N) is 2. The van der Waals surface area contributed by atoms with Gasteiger partial charge in [0.25, 0.3) is 0 Å². The Labute approximate surface area is 197 Å². The minimum Gasteiger partial charge on any atom is -0.480 e. The van der Waals surface area contributed by atoms with Gasteiger partial charge in [-0.05, 0) is 82.4 Å². The fraction of sp³-hybridized carbons (Fsp3) is 0.720. The molecule has 2 heterocycles. The average Bonchev–Trinajstić information content (AvgIpc) is 3.66. The molecule has 0 saturated heterocycles. The largest absolute Gasteiger partial charge is 0.480 e. The van der Waals surface area contributed by atoms with E-state index in [1.165, 1.54) is 24.8 Å². The van der Waals surface area contributed by atoms with Gasteiger partial charge in [0.15, 0.2) is 0 Å². The number of pyridine rings is 1. The smallest absolute Gasteiger partial charge is 0.408 e. The van der Waals surface area contributed by atoms with Crippen molar-refractivity contribution < 1.29 is 19.4 Å². The van der Waals surface area contributed by atoms with Crippen molar-refractivity contribution in [2.45, 2.75) is 96.2 Å². The Balaban J connectivity index is 1.41. The summed E-state index contributed by atoms with van der Waals surface area (Å²) in [6, 6.07) is 3.96. The van der Waals surface area contributed by atoms with Crippen molar-refractivity contribution >= 4 is 17.9 Å². The van der Waals surface area contributed by atoms with Crippen molar-refractivity contribution in [3.63, 3.8) is 0 Å². The number of fused-ring (bicyclic) bond motifs is 1. The molecule has 3 rings (SSSR count). The second kappa shape index (κ2) is 12.8. The van der Waals surface area contributed by atoms with Crippen LogP contribution >= 0.6 is 0 Å². The number of hydrogen-bond donors (Lipinski definition) is 3. The van der Waals surface area contributed by atoms with Crippen molar-refractivity contribution in [3.8, 4) is 0 Å². The van der Waals surface area contributed by atoms with E-state index in [4.69, 9.17) is 9.72 Å². The summed E-state index contributed by atoms with van der Waals surface area (Å²) in [6.07, 6.45) is 8.65. The van der Waals surface area contributed by atoms with Crippen molar-refractivity contribution in [3.05, 3.63) is 23.4 Å². The highest BCUT2D eigenvalue weighted by Gasteiger charge is 2.30. The first-order valence-corrected chi connectivity index (χ1v) is 12.7. The molecule has 3 N–H and O–H groups in total. The first-order valence-electron chi connectivity index (χ1n) is 12.7. The maximum atomic E-state index is 12.1. The van der Waals surface area contributed by atoms with E-state index in [0.717, 1.165) is 50.3 Å². The van der Waals surface area contributed by atoms with Gasteiger partial charge in [0.05, 0.1) is 0 Å². The lowest BCUT2D eigenvalue weighted by Gasteiger charge is -2.24. The van der Waals surface area contributed by atoms with E-state index in [2.05, 4.69) is 27.7 Å². The Hall–Kier alpha value is -2.35. The summed E-state index contributed by atoms with van der Waals surface area (Å²) >= 11 is 0. The van der Waals surface area contributed by atoms with Gasteiger partial charge in [-0.15, -0.1) is 0 Å². The van der Waals surface area contributed by atoms with Crippen molar-refractivity contribution in [1.29, 1.82) is 0 Å². The SMILES string of the molecule is CCC(CC)OC(=O)NC(CCN(CCCCc1ccc2c(n1)NCCC2)C1CC1)C(=O)O. The Bertz CT molecular complexity index is 780. The highest BCUT2D eigenvalue weighted by atomic mass is 16.6. The van der Waals surface area contributed by atoms with Gasteiger partial charge in [-0.25, -0.2) is 14.6 Å². The van der Waals surface area contributed by atoms with Crippen LogP contribution in [0.2, 0.25) is 0 Å². The molecule has 0 spiro atoms. The molecule has 8 nitrogen and oxygen atoms in total. The van der Waals surface area contributed by atoms with E-state index in [9.17, 15) is 14.7 Å². The number of carbonyl (C=O) groups excluding carboxylic acids is 1. The van der Waals surface area contributed by atoms with Crippen LogP contribution in [0.3, 0.4) is 0 Å². The van der Waals surface area contributed by atoms with Crippen molar-refractivity contribution in [2.24, 2.45) is 0 Å².